The summed E-state index contributed by atoms with van der Waals surface area (Å²) < 4.78 is 0. The summed E-state index contributed by atoms with van der Waals surface area (Å²) in [6.07, 6.45) is 1.10. The van der Waals surface area contributed by atoms with Crippen LogP contribution in [-0.4, -0.2) is 37.1 Å². The molecule has 0 saturated heterocycles. The van der Waals surface area contributed by atoms with Gasteiger partial charge in [0.25, 0.3) is 0 Å². The zero-order valence-electron chi connectivity index (χ0n) is 13.8. The molecule has 2 aromatic rings. The molecule has 0 amide bonds. The quantitative estimate of drug-likeness (QED) is 0.870. The predicted octanol–water partition coefficient (Wildman–Crippen LogP) is 3.70. The van der Waals surface area contributed by atoms with Crippen LogP contribution in [0.25, 0.3) is 10.8 Å². The van der Waals surface area contributed by atoms with Crippen LogP contribution >= 0.6 is 0 Å². The lowest BCUT2D eigenvalue weighted by Gasteiger charge is -2.23. The molecule has 21 heavy (non-hydrogen) atoms. The van der Waals surface area contributed by atoms with Crippen molar-refractivity contribution < 1.29 is 0 Å². The molecule has 0 radical (unpaired) electrons. The summed E-state index contributed by atoms with van der Waals surface area (Å²) in [6.45, 7) is 9.85. The van der Waals surface area contributed by atoms with E-state index in [0.717, 1.165) is 26.1 Å². The molecule has 2 nitrogen and oxygen atoms in total. The van der Waals surface area contributed by atoms with Gasteiger partial charge in [-0.15, -0.1) is 0 Å². The van der Waals surface area contributed by atoms with Crippen LogP contribution in [0.15, 0.2) is 42.5 Å². The molecule has 0 aliphatic heterocycles. The topological polar surface area (TPSA) is 15.3 Å². The van der Waals surface area contributed by atoms with E-state index < -0.39 is 0 Å². The molecule has 0 aliphatic rings. The van der Waals surface area contributed by atoms with Crippen LogP contribution in [0.4, 0.5) is 0 Å². The number of hydrogen-bond donors (Lipinski definition) is 1. The molecule has 0 aliphatic carbocycles. The van der Waals surface area contributed by atoms with Gasteiger partial charge in [-0.05, 0) is 50.6 Å². The summed E-state index contributed by atoms with van der Waals surface area (Å²) in [4.78, 5) is 2.40. The molecule has 0 heterocycles. The van der Waals surface area contributed by atoms with Crippen LogP contribution in [0, 0.1) is 0 Å². The SMILES string of the molecule is CN(CCNC(C)(C)C)CCc1cccc2ccccc12. The van der Waals surface area contributed by atoms with Crippen molar-refractivity contribution in [1.29, 1.82) is 0 Å². The van der Waals surface area contributed by atoms with E-state index in [0.29, 0.717) is 0 Å². The number of nitrogens with zero attached hydrogens (tertiary/aromatic N) is 1. The summed E-state index contributed by atoms with van der Waals surface area (Å²) in [5.74, 6) is 0. The largest absolute Gasteiger partial charge is 0.311 e. The van der Waals surface area contributed by atoms with Crippen molar-refractivity contribution >= 4 is 10.8 Å². The van der Waals surface area contributed by atoms with Gasteiger partial charge in [0, 0.05) is 25.2 Å². The Balaban J connectivity index is 1.87. The highest BCUT2D eigenvalue weighted by Gasteiger charge is 2.08. The zero-order chi connectivity index (χ0) is 15.3. The van der Waals surface area contributed by atoms with E-state index in [1.54, 1.807) is 0 Å². The van der Waals surface area contributed by atoms with E-state index in [9.17, 15) is 0 Å². The van der Waals surface area contributed by atoms with E-state index in [1.807, 2.05) is 0 Å². The van der Waals surface area contributed by atoms with Crippen molar-refractivity contribution in [2.75, 3.05) is 26.7 Å². The van der Waals surface area contributed by atoms with E-state index >= 15 is 0 Å². The second-order valence-electron chi connectivity index (χ2n) is 6.87. The lowest BCUT2D eigenvalue weighted by atomic mass is 10.0. The fourth-order valence-corrected chi connectivity index (χ4v) is 2.56. The fraction of sp³-hybridized carbons (Fsp3) is 0.474. The van der Waals surface area contributed by atoms with Gasteiger partial charge < -0.3 is 10.2 Å². The first-order chi connectivity index (χ1) is 9.96. The number of hydrogen-bond acceptors (Lipinski definition) is 2. The minimum atomic E-state index is 0.205. The highest BCUT2D eigenvalue weighted by molar-refractivity contribution is 5.85. The van der Waals surface area contributed by atoms with Crippen LogP contribution in [-0.2, 0) is 6.42 Å². The maximum Gasteiger partial charge on any atom is 0.0104 e. The van der Waals surface area contributed by atoms with Crippen LogP contribution in [0.3, 0.4) is 0 Å². The maximum atomic E-state index is 3.54. The van der Waals surface area contributed by atoms with E-state index in [1.165, 1.54) is 16.3 Å². The second-order valence-corrected chi connectivity index (χ2v) is 6.87. The molecule has 1 N–H and O–H groups in total. The molecule has 114 valence electrons. The van der Waals surface area contributed by atoms with Gasteiger partial charge in [-0.1, -0.05) is 42.5 Å². The van der Waals surface area contributed by atoms with Gasteiger partial charge in [-0.2, -0.15) is 0 Å². The van der Waals surface area contributed by atoms with E-state index in [2.05, 4.69) is 80.5 Å². The van der Waals surface area contributed by atoms with Gasteiger partial charge in [0.2, 0.25) is 0 Å². The Kier molecular flexibility index (Phi) is 5.38. The first-order valence-corrected chi connectivity index (χ1v) is 7.86. The van der Waals surface area contributed by atoms with Gasteiger partial charge in [0.05, 0.1) is 0 Å². The molecule has 0 fully saturated rings. The normalized spacial score (nSPS) is 12.2. The summed E-state index contributed by atoms with van der Waals surface area (Å²) in [5, 5.41) is 6.27. The lowest BCUT2D eigenvalue weighted by molar-refractivity contribution is 0.312. The van der Waals surface area contributed by atoms with Crippen LogP contribution in [0.5, 0.6) is 0 Å². The Bertz CT molecular complexity index is 564. The Labute approximate surface area is 129 Å². The van der Waals surface area contributed by atoms with Gasteiger partial charge >= 0.3 is 0 Å². The van der Waals surface area contributed by atoms with Crippen molar-refractivity contribution in [2.45, 2.75) is 32.7 Å². The van der Waals surface area contributed by atoms with Crippen LogP contribution < -0.4 is 5.32 Å². The average Bonchev–Trinajstić information content (AvgIpc) is 2.43. The number of rotatable bonds is 6. The van der Waals surface area contributed by atoms with Crippen molar-refractivity contribution in [3.8, 4) is 0 Å². The predicted molar refractivity (Wildman–Crippen MR) is 92.9 cm³/mol. The first-order valence-electron chi connectivity index (χ1n) is 7.86. The molecular weight excluding hydrogens is 256 g/mol. The number of fused-ring (bicyclic) bond motifs is 1. The molecular formula is C19H28N2. The molecule has 0 saturated carbocycles. The fourth-order valence-electron chi connectivity index (χ4n) is 2.56. The number of nitrogens with one attached hydrogen (secondary N) is 1. The highest BCUT2D eigenvalue weighted by atomic mass is 15.1. The minimum absolute atomic E-state index is 0.205. The van der Waals surface area contributed by atoms with Gasteiger partial charge in [-0.3, -0.25) is 0 Å². The molecule has 2 rings (SSSR count). The monoisotopic (exact) mass is 284 g/mol. The average molecular weight is 284 g/mol. The summed E-state index contributed by atoms with van der Waals surface area (Å²) >= 11 is 0. The van der Waals surface area contributed by atoms with Gasteiger partial charge in [-0.25, -0.2) is 0 Å². The molecule has 0 spiro atoms. The third-order valence-corrected chi connectivity index (χ3v) is 3.79. The number of benzene rings is 2. The van der Waals surface area contributed by atoms with E-state index in [-0.39, 0.29) is 5.54 Å². The molecule has 0 unspecified atom stereocenters. The third-order valence-electron chi connectivity index (χ3n) is 3.79. The summed E-state index contributed by atoms with van der Waals surface area (Å²) in [7, 11) is 2.20. The Hall–Kier alpha value is -1.38. The minimum Gasteiger partial charge on any atom is -0.311 e. The second kappa shape index (κ2) is 7.06. The lowest BCUT2D eigenvalue weighted by Crippen LogP contribution is -2.40. The molecule has 2 heteroatoms. The zero-order valence-corrected chi connectivity index (χ0v) is 13.8. The standard InChI is InChI=1S/C19H28N2/c1-19(2,3)20-13-15-21(4)14-12-17-10-7-9-16-8-5-6-11-18(16)17/h5-11,20H,12-15H2,1-4H3. The van der Waals surface area contributed by atoms with Crippen molar-refractivity contribution in [1.82, 2.24) is 10.2 Å². The molecule has 0 aromatic heterocycles. The first kappa shape index (κ1) is 16.0. The molecule has 0 atom stereocenters. The van der Waals surface area contributed by atoms with E-state index in [4.69, 9.17) is 0 Å². The highest BCUT2D eigenvalue weighted by Crippen LogP contribution is 2.18. The van der Waals surface area contributed by atoms with Gasteiger partial charge in [0.15, 0.2) is 0 Å². The van der Waals surface area contributed by atoms with Crippen LogP contribution in [0.1, 0.15) is 26.3 Å². The Morgan fingerprint density at radius 2 is 1.67 bits per heavy atom. The Morgan fingerprint density at radius 1 is 0.952 bits per heavy atom. The number of likely N-dealkylation sites (N-methyl/N-ethyl adjacent to an activating group) is 1. The Morgan fingerprint density at radius 3 is 2.43 bits per heavy atom. The van der Waals surface area contributed by atoms with Crippen molar-refractivity contribution in [3.63, 3.8) is 0 Å². The summed E-state index contributed by atoms with van der Waals surface area (Å²) in [5.41, 5.74) is 1.65. The van der Waals surface area contributed by atoms with Gasteiger partial charge in [0.1, 0.15) is 0 Å². The molecule has 2 aromatic carbocycles. The molecule has 0 bridgehead atoms. The summed E-state index contributed by atoms with van der Waals surface area (Å²) in [6, 6.07) is 15.3. The van der Waals surface area contributed by atoms with Crippen LogP contribution in [0.2, 0.25) is 0 Å². The maximum absolute atomic E-state index is 3.54. The van der Waals surface area contributed by atoms with Crippen molar-refractivity contribution in [2.24, 2.45) is 0 Å². The van der Waals surface area contributed by atoms with Crippen molar-refractivity contribution in [3.05, 3.63) is 48.0 Å². The smallest absolute Gasteiger partial charge is 0.0104 e. The third kappa shape index (κ3) is 5.14.